The molecule has 1 aromatic carbocycles. The maximum Gasteiger partial charge on any atom is 0.157 e. The van der Waals surface area contributed by atoms with Gasteiger partial charge in [0.05, 0.1) is 6.04 Å². The number of rotatable bonds is 6. The summed E-state index contributed by atoms with van der Waals surface area (Å²) in [7, 11) is 0. The summed E-state index contributed by atoms with van der Waals surface area (Å²) in [5, 5.41) is 4.75. The summed E-state index contributed by atoms with van der Waals surface area (Å²) < 4.78 is 0. The van der Waals surface area contributed by atoms with Gasteiger partial charge in [-0.15, -0.1) is 0 Å². The molecule has 2 rings (SSSR count). The summed E-state index contributed by atoms with van der Waals surface area (Å²) in [4.78, 5) is 4.84. The Labute approximate surface area is 127 Å². The minimum absolute atomic E-state index is 0.429. The van der Waals surface area contributed by atoms with E-state index < -0.39 is 0 Å². The number of benzene rings is 1. The molecule has 0 spiro atoms. The Balaban J connectivity index is 1.87. The fourth-order valence-electron chi connectivity index (χ4n) is 2.79. The molecule has 2 atom stereocenters. The maximum absolute atomic E-state index is 4.84. The van der Waals surface area contributed by atoms with Crippen molar-refractivity contribution in [2.45, 2.75) is 52.1 Å². The first-order chi connectivity index (χ1) is 9.72. The van der Waals surface area contributed by atoms with E-state index in [1.54, 1.807) is 0 Å². The van der Waals surface area contributed by atoms with Gasteiger partial charge in [0.15, 0.2) is 5.17 Å². The van der Waals surface area contributed by atoms with Gasteiger partial charge in [-0.2, -0.15) is 0 Å². The quantitative estimate of drug-likeness (QED) is 0.852. The maximum atomic E-state index is 4.84. The lowest BCUT2D eigenvalue weighted by Gasteiger charge is -2.22. The van der Waals surface area contributed by atoms with Gasteiger partial charge in [-0.3, -0.25) is 4.99 Å². The van der Waals surface area contributed by atoms with Crippen LogP contribution in [-0.4, -0.2) is 23.0 Å². The molecule has 0 saturated carbocycles. The van der Waals surface area contributed by atoms with Gasteiger partial charge in [-0.25, -0.2) is 0 Å². The van der Waals surface area contributed by atoms with Crippen LogP contribution in [0.5, 0.6) is 0 Å². The monoisotopic (exact) mass is 290 g/mol. The van der Waals surface area contributed by atoms with Crippen LogP contribution in [0.3, 0.4) is 0 Å². The van der Waals surface area contributed by atoms with Gasteiger partial charge in [-0.1, -0.05) is 68.8 Å². The summed E-state index contributed by atoms with van der Waals surface area (Å²) in [6.07, 6.45) is 3.52. The molecule has 2 unspecified atom stereocenters. The van der Waals surface area contributed by atoms with Crippen molar-refractivity contribution in [3.05, 3.63) is 35.9 Å². The van der Waals surface area contributed by atoms with E-state index in [0.717, 1.165) is 23.3 Å². The largest absolute Gasteiger partial charge is 0.362 e. The van der Waals surface area contributed by atoms with E-state index in [1.165, 1.54) is 18.4 Å². The predicted molar refractivity (Wildman–Crippen MR) is 90.5 cm³/mol. The molecule has 0 fully saturated rings. The van der Waals surface area contributed by atoms with Crippen molar-refractivity contribution in [2.24, 2.45) is 10.9 Å². The van der Waals surface area contributed by atoms with Gasteiger partial charge in [0.25, 0.3) is 0 Å². The van der Waals surface area contributed by atoms with Crippen molar-refractivity contribution in [1.29, 1.82) is 0 Å². The molecule has 1 aliphatic heterocycles. The Morgan fingerprint density at radius 1 is 1.25 bits per heavy atom. The highest BCUT2D eigenvalue weighted by atomic mass is 32.2. The van der Waals surface area contributed by atoms with Crippen LogP contribution in [0.25, 0.3) is 0 Å². The van der Waals surface area contributed by atoms with Gasteiger partial charge < -0.3 is 5.32 Å². The fraction of sp³-hybridized carbons (Fsp3) is 0.588. The second-order valence-corrected chi connectivity index (χ2v) is 6.61. The number of hydrogen-bond donors (Lipinski definition) is 1. The molecule has 1 aliphatic rings. The molecule has 0 bridgehead atoms. The lowest BCUT2D eigenvalue weighted by atomic mass is 9.96. The van der Waals surface area contributed by atoms with E-state index in [1.807, 2.05) is 11.8 Å². The van der Waals surface area contributed by atoms with Crippen molar-refractivity contribution >= 4 is 16.9 Å². The average molecular weight is 290 g/mol. The molecule has 0 saturated heterocycles. The molecule has 2 nitrogen and oxygen atoms in total. The molecular weight excluding hydrogens is 264 g/mol. The smallest absolute Gasteiger partial charge is 0.157 e. The van der Waals surface area contributed by atoms with E-state index in [2.05, 4.69) is 56.4 Å². The van der Waals surface area contributed by atoms with Gasteiger partial charge in [0.2, 0.25) is 0 Å². The number of thioether (sulfide) groups is 1. The zero-order chi connectivity index (χ0) is 14.4. The summed E-state index contributed by atoms with van der Waals surface area (Å²) in [5.41, 5.74) is 1.39. The number of hydrogen-bond acceptors (Lipinski definition) is 3. The Morgan fingerprint density at radius 2 is 1.95 bits per heavy atom. The summed E-state index contributed by atoms with van der Waals surface area (Å²) >= 11 is 1.88. The van der Waals surface area contributed by atoms with Crippen LogP contribution in [0.15, 0.2) is 35.3 Å². The van der Waals surface area contributed by atoms with Gasteiger partial charge in [0, 0.05) is 11.8 Å². The summed E-state index contributed by atoms with van der Waals surface area (Å²) in [6.45, 7) is 6.83. The normalized spacial score (nSPS) is 20.0. The molecule has 1 N–H and O–H groups in total. The standard InChI is InChI=1S/C17H26N2S/c1-4-15(5-2)13(3)18-17-19-16(12-20-17)11-14-9-7-6-8-10-14/h6-10,13,15-16H,4-5,11-12H2,1-3H3,(H,18,19). The Kier molecular flexibility index (Phi) is 5.96. The first kappa shape index (κ1) is 15.4. The topological polar surface area (TPSA) is 24.4 Å². The predicted octanol–water partition coefficient (Wildman–Crippen LogP) is 4.11. The lowest BCUT2D eigenvalue weighted by molar-refractivity contribution is 0.392. The van der Waals surface area contributed by atoms with Crippen LogP contribution < -0.4 is 5.32 Å². The van der Waals surface area contributed by atoms with Crippen LogP contribution in [0, 0.1) is 5.92 Å². The van der Waals surface area contributed by atoms with Crippen LogP contribution >= 0.6 is 11.8 Å². The van der Waals surface area contributed by atoms with E-state index in [0.29, 0.717) is 12.1 Å². The van der Waals surface area contributed by atoms with Crippen LogP contribution in [0.1, 0.15) is 39.2 Å². The Morgan fingerprint density at radius 3 is 2.60 bits per heavy atom. The second-order valence-electron chi connectivity index (χ2n) is 5.60. The van der Waals surface area contributed by atoms with Gasteiger partial charge >= 0.3 is 0 Å². The molecule has 3 heteroatoms. The van der Waals surface area contributed by atoms with Crippen molar-refractivity contribution in [3.8, 4) is 0 Å². The molecule has 1 heterocycles. The second kappa shape index (κ2) is 7.72. The van der Waals surface area contributed by atoms with E-state index >= 15 is 0 Å². The minimum atomic E-state index is 0.429. The number of aliphatic imine (C=N–C) groups is 1. The summed E-state index contributed by atoms with van der Waals surface area (Å²) in [5.74, 6) is 1.85. The van der Waals surface area contributed by atoms with Crippen molar-refractivity contribution in [1.82, 2.24) is 5.32 Å². The number of amidine groups is 1. The van der Waals surface area contributed by atoms with Crippen molar-refractivity contribution < 1.29 is 0 Å². The molecular formula is C17H26N2S. The van der Waals surface area contributed by atoms with Crippen molar-refractivity contribution in [3.63, 3.8) is 0 Å². The highest BCUT2D eigenvalue weighted by molar-refractivity contribution is 8.14. The number of nitrogens with zero attached hydrogens (tertiary/aromatic N) is 1. The highest BCUT2D eigenvalue weighted by Gasteiger charge is 2.21. The molecule has 1 aromatic rings. The molecule has 0 aliphatic carbocycles. The third-order valence-corrected chi connectivity index (χ3v) is 5.18. The number of nitrogens with one attached hydrogen (secondary N) is 1. The van der Waals surface area contributed by atoms with E-state index in [9.17, 15) is 0 Å². The zero-order valence-corrected chi connectivity index (χ0v) is 13.6. The molecule has 110 valence electrons. The summed E-state index contributed by atoms with van der Waals surface area (Å²) in [6, 6.07) is 11.6. The average Bonchev–Trinajstić information content (AvgIpc) is 2.88. The van der Waals surface area contributed by atoms with E-state index in [-0.39, 0.29) is 0 Å². The van der Waals surface area contributed by atoms with Crippen LogP contribution in [0.2, 0.25) is 0 Å². The lowest BCUT2D eigenvalue weighted by Crippen LogP contribution is -2.35. The molecule has 0 amide bonds. The molecule has 0 aromatic heterocycles. The zero-order valence-electron chi connectivity index (χ0n) is 12.8. The molecule has 0 radical (unpaired) electrons. The Bertz CT molecular complexity index is 426. The third kappa shape index (κ3) is 4.27. The van der Waals surface area contributed by atoms with Crippen molar-refractivity contribution in [2.75, 3.05) is 5.75 Å². The third-order valence-electron chi connectivity index (χ3n) is 4.13. The first-order valence-electron chi connectivity index (χ1n) is 7.74. The first-order valence-corrected chi connectivity index (χ1v) is 8.72. The SMILES string of the molecule is CCC(CC)C(C)NC1=NC(Cc2ccccc2)CS1. The minimum Gasteiger partial charge on any atom is -0.362 e. The van der Waals surface area contributed by atoms with Gasteiger partial charge in [-0.05, 0) is 24.8 Å². The molecule has 20 heavy (non-hydrogen) atoms. The highest BCUT2D eigenvalue weighted by Crippen LogP contribution is 2.22. The van der Waals surface area contributed by atoms with Crippen LogP contribution in [0.4, 0.5) is 0 Å². The van der Waals surface area contributed by atoms with E-state index in [4.69, 9.17) is 4.99 Å². The Hall–Kier alpha value is -0.960. The van der Waals surface area contributed by atoms with Gasteiger partial charge in [0.1, 0.15) is 0 Å². The fourth-order valence-corrected chi connectivity index (χ4v) is 3.83. The van der Waals surface area contributed by atoms with Crippen LogP contribution in [-0.2, 0) is 6.42 Å².